The van der Waals surface area contributed by atoms with Crippen molar-refractivity contribution in [3.05, 3.63) is 91.6 Å². The summed E-state index contributed by atoms with van der Waals surface area (Å²) >= 11 is 11.4. The van der Waals surface area contributed by atoms with Gasteiger partial charge in [-0.2, -0.15) is 26.3 Å². The Labute approximate surface area is 192 Å². The normalized spacial score (nSPS) is 13.8. The molecule has 1 aromatic heterocycles. The van der Waals surface area contributed by atoms with Gasteiger partial charge < -0.3 is 0 Å². The van der Waals surface area contributed by atoms with Gasteiger partial charge in [0.05, 0.1) is 43.9 Å². The smallest absolute Gasteiger partial charge is 0.260 e. The van der Waals surface area contributed by atoms with Crippen molar-refractivity contribution in [1.29, 1.82) is 0 Å². The number of allylic oxidation sites excluding steroid dienone is 2. The van der Waals surface area contributed by atoms with Crippen LogP contribution in [0, 0.1) is 0 Å². The maximum atomic E-state index is 13.4. The highest BCUT2D eigenvalue weighted by Crippen LogP contribution is 2.38. The monoisotopic (exact) mass is 504 g/mol. The van der Waals surface area contributed by atoms with Gasteiger partial charge in [0, 0.05) is 0 Å². The molecule has 0 spiro atoms. The van der Waals surface area contributed by atoms with Crippen LogP contribution in [-0.4, -0.2) is 9.13 Å². The third-order valence-corrected chi connectivity index (χ3v) is 5.64. The van der Waals surface area contributed by atoms with Crippen LogP contribution in [0.3, 0.4) is 0 Å². The van der Waals surface area contributed by atoms with E-state index in [0.717, 1.165) is 33.4 Å². The number of imidazole rings is 1. The van der Waals surface area contributed by atoms with Gasteiger partial charge in [-0.3, -0.25) is 9.13 Å². The van der Waals surface area contributed by atoms with Crippen LogP contribution in [0.2, 0.25) is 10.0 Å². The Morgan fingerprint density at radius 2 is 1.09 bits per heavy atom. The van der Waals surface area contributed by atoms with Crippen LogP contribution in [0.4, 0.5) is 26.3 Å². The number of nitrogens with zero attached hydrogens (tertiary/aromatic N) is 2. The maximum Gasteiger partial charge on any atom is 0.417 e. The summed E-state index contributed by atoms with van der Waals surface area (Å²) in [7, 11) is 0. The van der Waals surface area contributed by atoms with Crippen molar-refractivity contribution in [2.45, 2.75) is 18.8 Å². The number of hydrogen-bond donors (Lipinski definition) is 0. The molecule has 172 valence electrons. The first-order chi connectivity index (χ1) is 15.4. The minimum absolute atomic E-state index is 0.142. The molecule has 4 rings (SSSR count). The topological polar surface area (TPSA) is 26.9 Å². The summed E-state index contributed by atoms with van der Waals surface area (Å²) < 4.78 is 82.3. The van der Waals surface area contributed by atoms with Crippen LogP contribution in [0.5, 0.6) is 0 Å². The number of halogens is 8. The van der Waals surface area contributed by atoms with Crippen LogP contribution < -0.4 is 5.69 Å². The molecule has 0 atom stereocenters. The van der Waals surface area contributed by atoms with Gasteiger partial charge in [0.25, 0.3) is 0 Å². The second kappa shape index (κ2) is 8.14. The lowest BCUT2D eigenvalue weighted by Gasteiger charge is -2.12. The van der Waals surface area contributed by atoms with Crippen LogP contribution in [0.15, 0.2) is 53.3 Å². The molecule has 1 aliphatic carbocycles. The molecule has 0 amide bonds. The quantitative estimate of drug-likeness (QED) is 0.334. The molecule has 1 aliphatic rings. The summed E-state index contributed by atoms with van der Waals surface area (Å²) in [5, 5.41) is -1.10. The molecule has 0 saturated heterocycles. The Morgan fingerprint density at radius 1 is 0.697 bits per heavy atom. The standard InChI is InChI=1S/C22H12Cl2F6N2O/c23-16-8-6-12(10-14(16)21(25,26)27)31-18-4-2-1-3-5-19(18)32(20(31)33)13-7-9-17(24)15(11-13)22(28,29)30/h2-11H,1H2. The van der Waals surface area contributed by atoms with Crippen molar-refractivity contribution in [2.75, 3.05) is 0 Å². The van der Waals surface area contributed by atoms with Gasteiger partial charge in [-0.05, 0) is 55.0 Å². The molecular weight excluding hydrogens is 493 g/mol. The van der Waals surface area contributed by atoms with E-state index in [2.05, 4.69) is 0 Å². The Hall–Kier alpha value is -2.91. The Morgan fingerprint density at radius 3 is 1.45 bits per heavy atom. The fraction of sp³-hybridized carbons (Fsp3) is 0.136. The van der Waals surface area contributed by atoms with E-state index in [1.54, 1.807) is 12.2 Å². The predicted octanol–water partition coefficient (Wildman–Crippen LogP) is 7.40. The highest BCUT2D eigenvalue weighted by molar-refractivity contribution is 6.31. The molecule has 3 nitrogen and oxygen atoms in total. The molecule has 0 unspecified atom stereocenters. The summed E-state index contributed by atoms with van der Waals surface area (Å²) in [4.78, 5) is 13.4. The van der Waals surface area contributed by atoms with Gasteiger partial charge in [-0.25, -0.2) is 4.79 Å². The molecule has 3 aromatic rings. The SMILES string of the molecule is O=c1n(-c2ccc(Cl)c(C(F)(F)F)c2)c2c(n1-c1ccc(Cl)c(C(F)(F)F)c1)C=CCC=C2. The van der Waals surface area contributed by atoms with E-state index in [9.17, 15) is 31.1 Å². The second-order valence-electron chi connectivity index (χ2n) is 7.09. The molecule has 0 radical (unpaired) electrons. The number of alkyl halides is 6. The van der Waals surface area contributed by atoms with Crippen LogP contribution in [-0.2, 0) is 12.4 Å². The lowest BCUT2D eigenvalue weighted by molar-refractivity contribution is -0.138. The molecule has 33 heavy (non-hydrogen) atoms. The number of benzene rings is 2. The van der Waals surface area contributed by atoms with Crippen LogP contribution in [0.25, 0.3) is 23.5 Å². The van der Waals surface area contributed by atoms with Gasteiger partial charge in [0.1, 0.15) is 0 Å². The molecule has 2 aromatic carbocycles. The van der Waals surface area contributed by atoms with E-state index >= 15 is 0 Å². The van der Waals surface area contributed by atoms with E-state index < -0.39 is 39.2 Å². The first-order valence-corrected chi connectivity index (χ1v) is 10.1. The summed E-state index contributed by atoms with van der Waals surface area (Å²) in [6.07, 6.45) is -2.71. The van der Waals surface area contributed by atoms with Crippen molar-refractivity contribution < 1.29 is 26.3 Å². The molecular formula is C22H12Cl2F6N2O. The first-order valence-electron chi connectivity index (χ1n) is 9.34. The number of fused-ring (bicyclic) bond motifs is 1. The van der Waals surface area contributed by atoms with Gasteiger partial charge >= 0.3 is 18.0 Å². The third kappa shape index (κ3) is 4.22. The fourth-order valence-corrected chi connectivity index (χ4v) is 3.98. The molecule has 0 saturated carbocycles. The molecule has 0 aliphatic heterocycles. The third-order valence-electron chi connectivity index (χ3n) is 4.98. The van der Waals surface area contributed by atoms with Crippen molar-refractivity contribution in [1.82, 2.24) is 9.13 Å². The molecule has 0 bridgehead atoms. The average Bonchev–Trinajstić information content (AvgIpc) is 2.85. The minimum Gasteiger partial charge on any atom is -0.260 e. The van der Waals surface area contributed by atoms with Gasteiger partial charge in [0.2, 0.25) is 0 Å². The lowest BCUT2D eigenvalue weighted by Crippen LogP contribution is -2.24. The number of aromatic nitrogens is 2. The van der Waals surface area contributed by atoms with Gasteiger partial charge in [-0.1, -0.05) is 35.4 Å². The molecule has 0 N–H and O–H groups in total. The van der Waals surface area contributed by atoms with E-state index in [4.69, 9.17) is 23.2 Å². The van der Waals surface area contributed by atoms with Gasteiger partial charge in [-0.15, -0.1) is 0 Å². The molecule has 1 heterocycles. The van der Waals surface area contributed by atoms with Crippen molar-refractivity contribution in [2.24, 2.45) is 0 Å². The van der Waals surface area contributed by atoms with Crippen LogP contribution in [0.1, 0.15) is 28.9 Å². The fourth-order valence-electron chi connectivity index (χ4n) is 3.53. The highest BCUT2D eigenvalue weighted by Gasteiger charge is 2.35. The highest BCUT2D eigenvalue weighted by atomic mass is 35.5. The van der Waals surface area contributed by atoms with E-state index in [0.29, 0.717) is 6.42 Å². The predicted molar refractivity (Wildman–Crippen MR) is 114 cm³/mol. The molecule has 0 fully saturated rings. The summed E-state index contributed by atoms with van der Waals surface area (Å²) in [6.45, 7) is 0. The largest absolute Gasteiger partial charge is 0.417 e. The second-order valence-corrected chi connectivity index (χ2v) is 7.90. The van der Waals surface area contributed by atoms with Crippen molar-refractivity contribution in [3.63, 3.8) is 0 Å². The number of rotatable bonds is 2. The van der Waals surface area contributed by atoms with Gasteiger partial charge in [0.15, 0.2) is 0 Å². The zero-order chi connectivity index (χ0) is 24.1. The van der Waals surface area contributed by atoms with Crippen molar-refractivity contribution in [3.8, 4) is 11.4 Å². The lowest BCUT2D eigenvalue weighted by atomic mass is 10.1. The Balaban J connectivity index is 2.03. The molecule has 11 heteroatoms. The summed E-state index contributed by atoms with van der Waals surface area (Å²) in [5.74, 6) is 0. The van der Waals surface area contributed by atoms with E-state index in [1.165, 1.54) is 24.3 Å². The minimum atomic E-state index is -4.77. The Kier molecular flexibility index (Phi) is 5.74. The van der Waals surface area contributed by atoms with Crippen LogP contribution >= 0.6 is 23.2 Å². The Bertz CT molecular complexity index is 1260. The zero-order valence-corrected chi connectivity index (χ0v) is 17.8. The summed E-state index contributed by atoms with van der Waals surface area (Å²) in [6, 6.07) is 5.93. The van der Waals surface area contributed by atoms with E-state index in [-0.39, 0.29) is 22.8 Å². The first kappa shape index (κ1) is 23.3. The average molecular weight is 505 g/mol. The zero-order valence-electron chi connectivity index (χ0n) is 16.3. The summed E-state index contributed by atoms with van der Waals surface area (Å²) in [5.41, 5.74) is -3.03. The maximum absolute atomic E-state index is 13.4. The van der Waals surface area contributed by atoms with E-state index in [1.807, 2.05) is 0 Å². The number of hydrogen-bond acceptors (Lipinski definition) is 1. The van der Waals surface area contributed by atoms with Crippen molar-refractivity contribution >= 4 is 35.4 Å².